The smallest absolute Gasteiger partial charge is 0.258 e. The van der Waals surface area contributed by atoms with Gasteiger partial charge in [-0.3, -0.25) is 4.79 Å². The van der Waals surface area contributed by atoms with Crippen molar-refractivity contribution in [2.45, 2.75) is 24.3 Å². The number of amides is 1. The van der Waals surface area contributed by atoms with E-state index in [1.165, 1.54) is 26.2 Å². The summed E-state index contributed by atoms with van der Waals surface area (Å²) in [6.45, 7) is 4.59. The van der Waals surface area contributed by atoms with Crippen LogP contribution in [0.15, 0.2) is 53.4 Å². The summed E-state index contributed by atoms with van der Waals surface area (Å²) in [7, 11) is -0.552. The van der Waals surface area contributed by atoms with Crippen molar-refractivity contribution in [3.63, 3.8) is 0 Å². The fraction of sp³-hybridized carbons (Fsp3) is 0.316. The molecule has 0 atom stereocenters. The Kier molecular flexibility index (Phi) is 4.54. The van der Waals surface area contributed by atoms with Gasteiger partial charge >= 0.3 is 0 Å². The molecule has 26 heavy (non-hydrogen) atoms. The summed E-state index contributed by atoms with van der Waals surface area (Å²) in [5.41, 5.74) is 1.92. The Balaban J connectivity index is 1.95. The van der Waals surface area contributed by atoms with Crippen molar-refractivity contribution in [1.82, 2.24) is 4.31 Å². The van der Waals surface area contributed by atoms with Gasteiger partial charge in [0.05, 0.1) is 16.3 Å². The monoisotopic (exact) mass is 373 g/mol. The highest BCUT2D eigenvalue weighted by Gasteiger charge is 2.33. The van der Waals surface area contributed by atoms with Crippen molar-refractivity contribution in [1.29, 1.82) is 0 Å². The standard InChI is InChI=1S/C19H23N3O3S/c1-19(2)13-22(17-8-6-5-7-16(17)20-19)18(23)14-9-11-15(12-10-14)26(24,25)21(3)4/h5-12,20H,13H2,1-4H3. The Labute approximate surface area is 154 Å². The average molecular weight is 373 g/mol. The van der Waals surface area contributed by atoms with Gasteiger partial charge in [-0.25, -0.2) is 12.7 Å². The molecule has 1 aliphatic rings. The van der Waals surface area contributed by atoms with Crippen molar-refractivity contribution in [2.75, 3.05) is 30.9 Å². The number of nitrogens with one attached hydrogen (secondary N) is 1. The maximum atomic E-state index is 13.1. The minimum atomic E-state index is -3.51. The Morgan fingerprint density at radius 1 is 1.08 bits per heavy atom. The first-order chi connectivity index (χ1) is 12.1. The largest absolute Gasteiger partial charge is 0.377 e. The van der Waals surface area contributed by atoms with Crippen LogP contribution in [0, 0.1) is 0 Å². The summed E-state index contributed by atoms with van der Waals surface area (Å²) in [4.78, 5) is 15.0. The van der Waals surface area contributed by atoms with Gasteiger partial charge in [0.25, 0.3) is 5.91 Å². The zero-order chi connectivity index (χ0) is 19.1. The van der Waals surface area contributed by atoms with E-state index in [2.05, 4.69) is 5.32 Å². The molecule has 1 heterocycles. The molecule has 1 amide bonds. The third kappa shape index (κ3) is 3.32. The summed E-state index contributed by atoms with van der Waals surface area (Å²) in [6, 6.07) is 13.8. The number of rotatable bonds is 3. The molecule has 0 spiro atoms. The number of sulfonamides is 1. The van der Waals surface area contributed by atoms with Crippen molar-refractivity contribution in [3.8, 4) is 0 Å². The lowest BCUT2D eigenvalue weighted by molar-refractivity contribution is 0.0981. The minimum absolute atomic E-state index is 0.152. The van der Waals surface area contributed by atoms with E-state index < -0.39 is 10.0 Å². The van der Waals surface area contributed by atoms with Crippen LogP contribution in [0.2, 0.25) is 0 Å². The highest BCUT2D eigenvalue weighted by molar-refractivity contribution is 7.89. The van der Waals surface area contributed by atoms with E-state index in [1.54, 1.807) is 17.0 Å². The molecule has 0 unspecified atom stereocenters. The van der Waals surface area contributed by atoms with Gasteiger partial charge < -0.3 is 10.2 Å². The first-order valence-electron chi connectivity index (χ1n) is 8.33. The van der Waals surface area contributed by atoms with E-state index in [0.29, 0.717) is 12.1 Å². The lowest BCUT2D eigenvalue weighted by atomic mass is 9.98. The second-order valence-electron chi connectivity index (χ2n) is 7.23. The number of nitrogens with zero attached hydrogens (tertiary/aromatic N) is 2. The number of benzene rings is 2. The predicted octanol–water partition coefficient (Wildman–Crippen LogP) is 2.79. The normalized spacial score (nSPS) is 16.1. The molecule has 3 rings (SSSR count). The van der Waals surface area contributed by atoms with Crippen molar-refractivity contribution in [2.24, 2.45) is 0 Å². The van der Waals surface area contributed by atoms with Gasteiger partial charge in [0, 0.05) is 31.7 Å². The molecule has 0 bridgehead atoms. The molecule has 0 fully saturated rings. The number of hydrogen-bond acceptors (Lipinski definition) is 4. The summed E-state index contributed by atoms with van der Waals surface area (Å²) >= 11 is 0. The fourth-order valence-electron chi connectivity index (χ4n) is 3.02. The number of anilines is 2. The van der Waals surface area contributed by atoms with Crippen LogP contribution < -0.4 is 10.2 Å². The molecule has 0 aromatic heterocycles. The first-order valence-corrected chi connectivity index (χ1v) is 9.77. The Hall–Kier alpha value is -2.38. The SMILES string of the molecule is CN(C)S(=O)(=O)c1ccc(C(=O)N2CC(C)(C)Nc3ccccc32)cc1. The third-order valence-corrected chi connectivity index (χ3v) is 6.18. The molecule has 1 aliphatic heterocycles. The van der Waals surface area contributed by atoms with Crippen LogP contribution in [0.25, 0.3) is 0 Å². The van der Waals surface area contributed by atoms with Crippen LogP contribution in [0.5, 0.6) is 0 Å². The van der Waals surface area contributed by atoms with E-state index in [0.717, 1.165) is 15.7 Å². The summed E-state index contributed by atoms with van der Waals surface area (Å²) in [5.74, 6) is -0.152. The Bertz CT molecular complexity index is 935. The molecule has 2 aromatic carbocycles. The number of hydrogen-bond donors (Lipinski definition) is 1. The molecule has 2 aromatic rings. The van der Waals surface area contributed by atoms with Gasteiger partial charge in [0.15, 0.2) is 0 Å². The number of carbonyl (C=O) groups excluding carboxylic acids is 1. The highest BCUT2D eigenvalue weighted by atomic mass is 32.2. The van der Waals surface area contributed by atoms with Crippen LogP contribution in [-0.4, -0.2) is 44.8 Å². The molecule has 0 aliphatic carbocycles. The van der Waals surface area contributed by atoms with Crippen LogP contribution >= 0.6 is 0 Å². The van der Waals surface area contributed by atoms with Crippen LogP contribution in [0.1, 0.15) is 24.2 Å². The zero-order valence-corrected chi connectivity index (χ0v) is 16.2. The third-order valence-electron chi connectivity index (χ3n) is 4.35. The second-order valence-corrected chi connectivity index (χ2v) is 9.38. The van der Waals surface area contributed by atoms with Crippen molar-refractivity contribution >= 4 is 27.3 Å². The van der Waals surface area contributed by atoms with Gasteiger partial charge in [0.1, 0.15) is 0 Å². The van der Waals surface area contributed by atoms with Gasteiger partial charge in [-0.2, -0.15) is 0 Å². The lowest BCUT2D eigenvalue weighted by Crippen LogP contribution is -2.50. The number of para-hydroxylation sites is 2. The van der Waals surface area contributed by atoms with Crippen LogP contribution in [-0.2, 0) is 10.0 Å². The number of carbonyl (C=O) groups is 1. The second kappa shape index (κ2) is 6.41. The van der Waals surface area contributed by atoms with E-state index >= 15 is 0 Å². The molecule has 138 valence electrons. The maximum Gasteiger partial charge on any atom is 0.258 e. The van der Waals surface area contributed by atoms with Crippen molar-refractivity contribution < 1.29 is 13.2 Å². The summed E-state index contributed by atoms with van der Waals surface area (Å²) in [6.07, 6.45) is 0. The minimum Gasteiger partial charge on any atom is -0.377 e. The molecule has 7 heteroatoms. The average Bonchev–Trinajstić information content (AvgIpc) is 2.59. The summed E-state index contributed by atoms with van der Waals surface area (Å²) < 4.78 is 25.5. The maximum absolute atomic E-state index is 13.1. The molecule has 0 saturated heterocycles. The zero-order valence-electron chi connectivity index (χ0n) is 15.4. The van der Waals surface area contributed by atoms with Gasteiger partial charge in [0.2, 0.25) is 10.0 Å². The van der Waals surface area contributed by atoms with Gasteiger partial charge in [-0.1, -0.05) is 12.1 Å². The molecular formula is C19H23N3O3S. The molecule has 0 saturated carbocycles. The molecular weight excluding hydrogens is 350 g/mol. The van der Waals surface area contributed by atoms with Gasteiger partial charge in [-0.15, -0.1) is 0 Å². The Morgan fingerprint density at radius 2 is 1.69 bits per heavy atom. The highest BCUT2D eigenvalue weighted by Crippen LogP contribution is 2.35. The van der Waals surface area contributed by atoms with Crippen LogP contribution in [0.4, 0.5) is 11.4 Å². The first kappa shape index (κ1) is 18.4. The van der Waals surface area contributed by atoms with E-state index in [-0.39, 0.29) is 16.3 Å². The molecule has 6 nitrogen and oxygen atoms in total. The number of fused-ring (bicyclic) bond motifs is 1. The summed E-state index contributed by atoms with van der Waals surface area (Å²) in [5, 5.41) is 3.44. The van der Waals surface area contributed by atoms with Crippen LogP contribution in [0.3, 0.4) is 0 Å². The lowest BCUT2D eigenvalue weighted by Gasteiger charge is -2.40. The molecule has 0 radical (unpaired) electrons. The topological polar surface area (TPSA) is 69.7 Å². The Morgan fingerprint density at radius 3 is 2.31 bits per heavy atom. The van der Waals surface area contributed by atoms with E-state index in [4.69, 9.17) is 0 Å². The quantitative estimate of drug-likeness (QED) is 0.898. The van der Waals surface area contributed by atoms with E-state index in [1.807, 2.05) is 38.1 Å². The van der Waals surface area contributed by atoms with E-state index in [9.17, 15) is 13.2 Å². The molecule has 1 N–H and O–H groups in total. The van der Waals surface area contributed by atoms with Gasteiger partial charge in [-0.05, 0) is 50.2 Å². The van der Waals surface area contributed by atoms with Crippen molar-refractivity contribution in [3.05, 3.63) is 54.1 Å². The predicted molar refractivity (Wildman–Crippen MR) is 103 cm³/mol. The fourth-order valence-corrected chi connectivity index (χ4v) is 3.92.